The smallest absolute Gasteiger partial charge is 0.242 e. The molecular weight excluding hydrogens is 230 g/mol. The molecule has 6 nitrogen and oxygen atoms in total. The number of fused-ring (bicyclic) bond motifs is 1. The summed E-state index contributed by atoms with van der Waals surface area (Å²) in [7, 11) is 0. The Morgan fingerprint density at radius 1 is 1.50 bits per heavy atom. The lowest BCUT2D eigenvalue weighted by atomic mass is 9.99. The summed E-state index contributed by atoms with van der Waals surface area (Å²) in [4.78, 5) is 16.1. The molecule has 0 bridgehead atoms. The molecule has 2 rings (SSSR count). The third-order valence-corrected chi connectivity index (χ3v) is 3.10. The Labute approximate surface area is 105 Å². The molecule has 0 aliphatic heterocycles. The highest BCUT2D eigenvalue weighted by molar-refractivity contribution is 5.94. The lowest BCUT2D eigenvalue weighted by Gasteiger charge is -2.17. The van der Waals surface area contributed by atoms with Gasteiger partial charge >= 0.3 is 0 Å². The van der Waals surface area contributed by atoms with Crippen LogP contribution in [0, 0.1) is 5.92 Å². The number of anilines is 1. The van der Waals surface area contributed by atoms with Gasteiger partial charge in [-0.15, -0.1) is 0 Å². The minimum absolute atomic E-state index is 0.139. The fourth-order valence-electron chi connectivity index (χ4n) is 1.65. The molecule has 2 unspecified atom stereocenters. The average Bonchev–Trinajstić information content (AvgIpc) is 2.86. The van der Waals surface area contributed by atoms with Crippen molar-refractivity contribution >= 4 is 17.4 Å². The number of rotatable bonds is 4. The molecule has 0 fully saturated rings. The summed E-state index contributed by atoms with van der Waals surface area (Å²) in [5.74, 6) is 0.515. The molecule has 2 aromatic heterocycles. The Morgan fingerprint density at radius 3 is 3.00 bits per heavy atom. The third kappa shape index (κ3) is 2.33. The highest BCUT2D eigenvalue weighted by Gasteiger charge is 2.20. The molecule has 0 aromatic carbocycles. The number of nitrogens with two attached hydrogens (primary N) is 1. The van der Waals surface area contributed by atoms with Gasteiger partial charge in [-0.3, -0.25) is 4.79 Å². The second-order valence-corrected chi connectivity index (χ2v) is 4.33. The summed E-state index contributed by atoms with van der Waals surface area (Å²) in [6.07, 6.45) is 4.12. The van der Waals surface area contributed by atoms with Crippen molar-refractivity contribution < 1.29 is 4.79 Å². The number of nitrogens with zero attached hydrogens (tertiary/aromatic N) is 3. The fraction of sp³-hybridized carbons (Fsp3) is 0.417. The van der Waals surface area contributed by atoms with Gasteiger partial charge in [-0.05, 0) is 12.0 Å². The van der Waals surface area contributed by atoms with Crippen LogP contribution >= 0.6 is 0 Å². The monoisotopic (exact) mass is 247 g/mol. The quantitative estimate of drug-likeness (QED) is 0.845. The number of carbonyl (C=O) groups excluding carboxylic acids is 1. The molecule has 3 N–H and O–H groups in total. The molecular formula is C12H17N5O. The van der Waals surface area contributed by atoms with Crippen molar-refractivity contribution in [3.05, 3.63) is 24.5 Å². The van der Waals surface area contributed by atoms with E-state index >= 15 is 0 Å². The number of carbonyl (C=O) groups is 1. The molecule has 96 valence electrons. The van der Waals surface area contributed by atoms with Crippen LogP contribution in [0.2, 0.25) is 0 Å². The van der Waals surface area contributed by atoms with E-state index in [-0.39, 0.29) is 11.8 Å². The summed E-state index contributed by atoms with van der Waals surface area (Å²) < 4.78 is 1.57. The van der Waals surface area contributed by atoms with E-state index in [1.54, 1.807) is 29.0 Å². The van der Waals surface area contributed by atoms with E-state index in [0.717, 1.165) is 6.42 Å². The Morgan fingerprint density at radius 2 is 2.28 bits per heavy atom. The zero-order chi connectivity index (χ0) is 13.1. The highest BCUT2D eigenvalue weighted by Crippen LogP contribution is 2.11. The van der Waals surface area contributed by atoms with Crippen LogP contribution in [-0.2, 0) is 4.79 Å². The van der Waals surface area contributed by atoms with Gasteiger partial charge in [-0.2, -0.15) is 9.61 Å². The van der Waals surface area contributed by atoms with Crippen molar-refractivity contribution in [3.8, 4) is 0 Å². The standard InChI is InChI=1S/C12H17N5O/c1-3-8(2)11(13)12(18)16-10-4-6-14-9-5-7-15-17(9)10/h4-8,11H,3,13H2,1-2H3,(H,16,18). The maximum Gasteiger partial charge on any atom is 0.242 e. The van der Waals surface area contributed by atoms with E-state index < -0.39 is 6.04 Å². The predicted octanol–water partition coefficient (Wildman–Crippen LogP) is 1.04. The van der Waals surface area contributed by atoms with E-state index in [2.05, 4.69) is 15.4 Å². The SMILES string of the molecule is CCC(C)C(N)C(=O)Nc1ccnc2ccnn12. The second-order valence-electron chi connectivity index (χ2n) is 4.33. The summed E-state index contributed by atoms with van der Waals surface area (Å²) in [5, 5.41) is 6.88. The molecule has 18 heavy (non-hydrogen) atoms. The van der Waals surface area contributed by atoms with Gasteiger partial charge in [0.05, 0.1) is 12.2 Å². The maximum atomic E-state index is 12.0. The molecule has 0 saturated heterocycles. The van der Waals surface area contributed by atoms with Crippen LogP contribution in [0.4, 0.5) is 5.82 Å². The van der Waals surface area contributed by atoms with Crippen LogP contribution in [0.5, 0.6) is 0 Å². The number of amides is 1. The summed E-state index contributed by atoms with van der Waals surface area (Å²) in [6, 6.07) is 2.94. The molecule has 6 heteroatoms. The van der Waals surface area contributed by atoms with Crippen LogP contribution < -0.4 is 11.1 Å². The van der Waals surface area contributed by atoms with Crippen molar-refractivity contribution in [3.63, 3.8) is 0 Å². The van der Waals surface area contributed by atoms with Crippen molar-refractivity contribution in [1.82, 2.24) is 14.6 Å². The van der Waals surface area contributed by atoms with E-state index in [9.17, 15) is 4.79 Å². The van der Waals surface area contributed by atoms with Crippen molar-refractivity contribution in [2.45, 2.75) is 26.3 Å². The first-order chi connectivity index (χ1) is 8.63. The Hall–Kier alpha value is -1.95. The molecule has 0 aliphatic rings. The van der Waals surface area contributed by atoms with Crippen LogP contribution in [0.1, 0.15) is 20.3 Å². The Balaban J connectivity index is 2.19. The topological polar surface area (TPSA) is 85.3 Å². The molecule has 2 atom stereocenters. The first-order valence-corrected chi connectivity index (χ1v) is 5.98. The lowest BCUT2D eigenvalue weighted by molar-refractivity contribution is -0.118. The molecule has 2 aromatic rings. The van der Waals surface area contributed by atoms with Crippen LogP contribution in [0.15, 0.2) is 24.5 Å². The normalized spacial score (nSPS) is 14.4. The first-order valence-electron chi connectivity index (χ1n) is 5.98. The van der Waals surface area contributed by atoms with Gasteiger partial charge in [-0.25, -0.2) is 4.98 Å². The summed E-state index contributed by atoms with van der Waals surface area (Å²) in [5.41, 5.74) is 6.57. The third-order valence-electron chi connectivity index (χ3n) is 3.10. The lowest BCUT2D eigenvalue weighted by Crippen LogP contribution is -2.41. The van der Waals surface area contributed by atoms with Crippen molar-refractivity contribution in [1.29, 1.82) is 0 Å². The molecule has 0 radical (unpaired) electrons. The van der Waals surface area contributed by atoms with Crippen molar-refractivity contribution in [2.75, 3.05) is 5.32 Å². The predicted molar refractivity (Wildman–Crippen MR) is 69.0 cm³/mol. The average molecular weight is 247 g/mol. The summed E-state index contributed by atoms with van der Waals surface area (Å²) in [6.45, 7) is 3.97. The number of hydrogen-bond donors (Lipinski definition) is 2. The van der Waals surface area contributed by atoms with Crippen LogP contribution in [-0.4, -0.2) is 26.5 Å². The number of hydrogen-bond acceptors (Lipinski definition) is 4. The van der Waals surface area contributed by atoms with E-state index in [1.165, 1.54) is 0 Å². The van der Waals surface area contributed by atoms with Crippen LogP contribution in [0.25, 0.3) is 5.65 Å². The minimum atomic E-state index is -0.520. The molecule has 0 saturated carbocycles. The largest absolute Gasteiger partial charge is 0.320 e. The van der Waals surface area contributed by atoms with Gasteiger partial charge < -0.3 is 11.1 Å². The Kier molecular flexibility index (Phi) is 3.57. The fourth-order valence-corrected chi connectivity index (χ4v) is 1.65. The van der Waals surface area contributed by atoms with Gasteiger partial charge in [-0.1, -0.05) is 20.3 Å². The maximum absolute atomic E-state index is 12.0. The van der Waals surface area contributed by atoms with Gasteiger partial charge in [0.15, 0.2) is 5.65 Å². The first kappa shape index (κ1) is 12.5. The number of nitrogens with one attached hydrogen (secondary N) is 1. The number of aromatic nitrogens is 3. The highest BCUT2D eigenvalue weighted by atomic mass is 16.2. The molecule has 0 spiro atoms. The zero-order valence-corrected chi connectivity index (χ0v) is 10.5. The Bertz CT molecular complexity index is 550. The summed E-state index contributed by atoms with van der Waals surface area (Å²) >= 11 is 0. The zero-order valence-electron chi connectivity index (χ0n) is 10.5. The van der Waals surface area contributed by atoms with Gasteiger partial charge in [0, 0.05) is 12.3 Å². The van der Waals surface area contributed by atoms with E-state index in [4.69, 9.17) is 5.73 Å². The van der Waals surface area contributed by atoms with Gasteiger partial charge in [0.2, 0.25) is 5.91 Å². The minimum Gasteiger partial charge on any atom is -0.320 e. The van der Waals surface area contributed by atoms with Gasteiger partial charge in [0.1, 0.15) is 5.82 Å². The van der Waals surface area contributed by atoms with Crippen molar-refractivity contribution in [2.24, 2.45) is 11.7 Å². The molecule has 0 aliphatic carbocycles. The van der Waals surface area contributed by atoms with Crippen LogP contribution in [0.3, 0.4) is 0 Å². The van der Waals surface area contributed by atoms with E-state index in [0.29, 0.717) is 11.5 Å². The second kappa shape index (κ2) is 5.14. The molecule has 2 heterocycles. The van der Waals surface area contributed by atoms with Gasteiger partial charge in [0.25, 0.3) is 0 Å². The molecule has 1 amide bonds. The van der Waals surface area contributed by atoms with E-state index in [1.807, 2.05) is 13.8 Å².